The minimum Gasteiger partial charge on any atom is -0.327 e. The molecule has 0 bridgehead atoms. The molecule has 7 heteroatoms. The molecule has 142 valence electrons. The molecule has 4 unspecified atom stereocenters. The lowest BCUT2D eigenvalue weighted by Crippen LogP contribution is -2.52. The number of fused-ring (bicyclic) bond motifs is 2. The summed E-state index contributed by atoms with van der Waals surface area (Å²) in [6.45, 7) is 3.36. The Balaban J connectivity index is 1.35. The number of benzene rings is 1. The summed E-state index contributed by atoms with van der Waals surface area (Å²) in [6.07, 6.45) is 1.79. The summed E-state index contributed by atoms with van der Waals surface area (Å²) < 4.78 is 0. The summed E-state index contributed by atoms with van der Waals surface area (Å²) in [4.78, 5) is 40.6. The van der Waals surface area contributed by atoms with Crippen molar-refractivity contribution in [3.05, 3.63) is 34.9 Å². The number of nitrogens with one attached hydrogen (secondary N) is 1. The number of hydrogen-bond acceptors (Lipinski definition) is 5. The summed E-state index contributed by atoms with van der Waals surface area (Å²) in [7, 11) is 0. The van der Waals surface area contributed by atoms with Gasteiger partial charge in [-0.1, -0.05) is 12.1 Å². The quantitative estimate of drug-likeness (QED) is 0.745. The number of nitrogens with zero attached hydrogens (tertiary/aromatic N) is 2. The van der Waals surface area contributed by atoms with Crippen LogP contribution in [0.2, 0.25) is 0 Å². The molecule has 27 heavy (non-hydrogen) atoms. The molecule has 4 aliphatic rings. The van der Waals surface area contributed by atoms with Crippen molar-refractivity contribution in [1.29, 1.82) is 0 Å². The summed E-state index contributed by atoms with van der Waals surface area (Å²) >= 11 is 0. The van der Waals surface area contributed by atoms with E-state index < -0.39 is 6.04 Å². The molecule has 1 aromatic carbocycles. The van der Waals surface area contributed by atoms with Crippen LogP contribution in [0.1, 0.15) is 40.7 Å². The van der Waals surface area contributed by atoms with Crippen LogP contribution in [-0.4, -0.2) is 52.7 Å². The van der Waals surface area contributed by atoms with Gasteiger partial charge in [0.1, 0.15) is 6.04 Å². The van der Waals surface area contributed by atoms with E-state index in [4.69, 9.17) is 5.73 Å². The topological polar surface area (TPSA) is 95.7 Å². The highest BCUT2D eigenvalue weighted by atomic mass is 16.2. The fourth-order valence-corrected chi connectivity index (χ4v) is 5.22. The Labute approximate surface area is 157 Å². The van der Waals surface area contributed by atoms with E-state index >= 15 is 0 Å². The Kier molecular flexibility index (Phi) is 3.84. The zero-order valence-corrected chi connectivity index (χ0v) is 15.2. The Morgan fingerprint density at radius 2 is 2.04 bits per heavy atom. The van der Waals surface area contributed by atoms with E-state index in [0.29, 0.717) is 30.5 Å². The van der Waals surface area contributed by atoms with E-state index in [1.807, 2.05) is 12.1 Å². The molecule has 1 saturated carbocycles. The molecule has 1 aromatic rings. The summed E-state index contributed by atoms with van der Waals surface area (Å²) in [5.41, 5.74) is 8.98. The Bertz CT molecular complexity index is 839. The maximum absolute atomic E-state index is 12.9. The highest BCUT2D eigenvalue weighted by Crippen LogP contribution is 2.40. The number of rotatable bonds is 3. The predicted octanol–water partition coefficient (Wildman–Crippen LogP) is 0.227. The van der Waals surface area contributed by atoms with Crippen LogP contribution in [0, 0.1) is 11.8 Å². The van der Waals surface area contributed by atoms with E-state index in [2.05, 4.69) is 16.3 Å². The van der Waals surface area contributed by atoms with Crippen molar-refractivity contribution in [2.24, 2.45) is 17.6 Å². The SMILES string of the molecule is NC1CC2CN(Cc3cccc4c3CN(C3CCC(=O)NC3=O)C4=O)CC12. The minimum absolute atomic E-state index is 0.107. The number of likely N-dealkylation sites (tertiary alicyclic amines) is 1. The molecule has 0 aromatic heterocycles. The zero-order valence-electron chi connectivity index (χ0n) is 15.2. The molecule has 3 amide bonds. The molecule has 1 aliphatic carbocycles. The number of carbonyl (C=O) groups excluding carboxylic acids is 3. The summed E-state index contributed by atoms with van der Waals surface area (Å²) in [5, 5.41) is 2.36. The van der Waals surface area contributed by atoms with Gasteiger partial charge in [-0.2, -0.15) is 0 Å². The third-order valence-corrected chi connectivity index (χ3v) is 6.77. The van der Waals surface area contributed by atoms with Crippen LogP contribution in [0.25, 0.3) is 0 Å². The number of piperidine rings is 1. The van der Waals surface area contributed by atoms with Crippen LogP contribution >= 0.6 is 0 Å². The van der Waals surface area contributed by atoms with Crippen molar-refractivity contribution in [3.8, 4) is 0 Å². The van der Waals surface area contributed by atoms with Crippen LogP contribution in [0.15, 0.2) is 18.2 Å². The number of imide groups is 1. The van der Waals surface area contributed by atoms with E-state index in [1.54, 1.807) is 4.90 Å². The van der Waals surface area contributed by atoms with Gasteiger partial charge in [0.2, 0.25) is 11.8 Å². The molecule has 3 heterocycles. The van der Waals surface area contributed by atoms with Crippen molar-refractivity contribution >= 4 is 17.7 Å². The van der Waals surface area contributed by atoms with E-state index in [0.717, 1.165) is 43.1 Å². The molecule has 5 rings (SSSR count). The van der Waals surface area contributed by atoms with Gasteiger partial charge in [-0.3, -0.25) is 24.6 Å². The first-order valence-electron chi connectivity index (χ1n) is 9.74. The molecule has 4 atom stereocenters. The fraction of sp³-hybridized carbons (Fsp3) is 0.550. The molecular formula is C20H24N4O3. The highest BCUT2D eigenvalue weighted by Gasteiger charge is 2.45. The van der Waals surface area contributed by atoms with Gasteiger partial charge in [0.15, 0.2) is 0 Å². The van der Waals surface area contributed by atoms with E-state index in [-0.39, 0.29) is 24.1 Å². The lowest BCUT2D eigenvalue weighted by molar-refractivity contribution is -0.136. The van der Waals surface area contributed by atoms with E-state index in [1.165, 1.54) is 0 Å². The molecule has 0 radical (unpaired) electrons. The average molecular weight is 368 g/mol. The van der Waals surface area contributed by atoms with Crippen molar-refractivity contribution in [3.63, 3.8) is 0 Å². The lowest BCUT2D eigenvalue weighted by atomic mass is 9.72. The predicted molar refractivity (Wildman–Crippen MR) is 97.3 cm³/mol. The fourth-order valence-electron chi connectivity index (χ4n) is 5.22. The van der Waals surface area contributed by atoms with Gasteiger partial charge in [-0.25, -0.2) is 0 Å². The second kappa shape index (κ2) is 6.14. The molecule has 3 N–H and O–H groups in total. The third-order valence-electron chi connectivity index (χ3n) is 6.77. The Morgan fingerprint density at radius 3 is 2.78 bits per heavy atom. The van der Waals surface area contributed by atoms with Gasteiger partial charge in [-0.05, 0) is 41.9 Å². The molecule has 7 nitrogen and oxygen atoms in total. The first-order chi connectivity index (χ1) is 13.0. The van der Waals surface area contributed by atoms with Crippen LogP contribution in [-0.2, 0) is 22.7 Å². The van der Waals surface area contributed by atoms with Crippen LogP contribution < -0.4 is 11.1 Å². The van der Waals surface area contributed by atoms with Gasteiger partial charge in [-0.15, -0.1) is 0 Å². The maximum Gasteiger partial charge on any atom is 0.255 e. The van der Waals surface area contributed by atoms with Gasteiger partial charge in [0, 0.05) is 44.2 Å². The molecule has 3 fully saturated rings. The second-order valence-electron chi connectivity index (χ2n) is 8.36. The summed E-state index contributed by atoms with van der Waals surface area (Å²) in [6, 6.07) is 5.63. The van der Waals surface area contributed by atoms with Gasteiger partial charge >= 0.3 is 0 Å². The zero-order chi connectivity index (χ0) is 18.7. The first kappa shape index (κ1) is 16.9. The largest absolute Gasteiger partial charge is 0.327 e. The number of nitrogens with two attached hydrogens (primary N) is 1. The Morgan fingerprint density at radius 1 is 1.19 bits per heavy atom. The maximum atomic E-state index is 12.9. The smallest absolute Gasteiger partial charge is 0.255 e. The Hall–Kier alpha value is -2.25. The second-order valence-corrected chi connectivity index (χ2v) is 8.36. The molecule has 3 aliphatic heterocycles. The molecule has 2 saturated heterocycles. The van der Waals surface area contributed by atoms with Crippen LogP contribution in [0.3, 0.4) is 0 Å². The number of amides is 3. The standard InChI is InChI=1S/C20H24N4O3/c21-16-6-12-8-23(9-15(12)16)7-11-2-1-3-13-14(11)10-24(20(13)27)17-4-5-18(25)22-19(17)26/h1-3,12,15-17H,4-10,21H2,(H,22,25,26). The van der Waals surface area contributed by atoms with Crippen molar-refractivity contribution in [2.75, 3.05) is 13.1 Å². The number of carbonyl (C=O) groups is 3. The van der Waals surface area contributed by atoms with Crippen molar-refractivity contribution < 1.29 is 14.4 Å². The first-order valence-corrected chi connectivity index (χ1v) is 9.74. The average Bonchev–Trinajstić information content (AvgIpc) is 3.14. The lowest BCUT2D eigenvalue weighted by Gasteiger charge is -2.36. The summed E-state index contributed by atoms with van der Waals surface area (Å²) in [5.74, 6) is 0.605. The normalized spacial score (nSPS) is 32.9. The van der Waals surface area contributed by atoms with Crippen molar-refractivity contribution in [2.45, 2.75) is 44.4 Å². The van der Waals surface area contributed by atoms with Gasteiger partial charge in [0.05, 0.1) is 0 Å². The van der Waals surface area contributed by atoms with Crippen molar-refractivity contribution in [1.82, 2.24) is 15.1 Å². The van der Waals surface area contributed by atoms with Gasteiger partial charge < -0.3 is 10.6 Å². The van der Waals surface area contributed by atoms with E-state index in [9.17, 15) is 14.4 Å². The minimum atomic E-state index is -0.559. The number of hydrogen-bond donors (Lipinski definition) is 2. The van der Waals surface area contributed by atoms with Gasteiger partial charge in [0.25, 0.3) is 5.91 Å². The third kappa shape index (κ3) is 2.68. The molecule has 0 spiro atoms. The monoisotopic (exact) mass is 368 g/mol. The highest BCUT2D eigenvalue weighted by molar-refractivity contribution is 6.05. The van der Waals surface area contributed by atoms with Crippen LogP contribution in [0.5, 0.6) is 0 Å². The molecular weight excluding hydrogens is 344 g/mol. The van der Waals surface area contributed by atoms with Crippen LogP contribution in [0.4, 0.5) is 0 Å².